The van der Waals surface area contributed by atoms with E-state index in [-0.39, 0.29) is 5.54 Å². The van der Waals surface area contributed by atoms with Crippen LogP contribution in [0.1, 0.15) is 36.1 Å². The fourth-order valence-corrected chi connectivity index (χ4v) is 2.32. The molecule has 1 rings (SSSR count). The van der Waals surface area contributed by atoms with Crippen molar-refractivity contribution in [3.05, 3.63) is 28.3 Å². The summed E-state index contributed by atoms with van der Waals surface area (Å²) in [5.41, 5.74) is 10.9. The zero-order chi connectivity index (χ0) is 14.6. The topological polar surface area (TPSA) is 47.3 Å². The Kier molecular flexibility index (Phi) is 5.39. The molecule has 0 aliphatic rings. The minimum Gasteiger partial charge on any atom is -0.496 e. The Bertz CT molecular complexity index is 439. The van der Waals surface area contributed by atoms with Crippen molar-refractivity contribution in [1.82, 2.24) is 5.32 Å². The molecule has 3 N–H and O–H groups in total. The molecule has 0 heterocycles. The number of ether oxygens (including phenoxy) is 1. The third-order valence-electron chi connectivity index (χ3n) is 3.85. The molecule has 0 atom stereocenters. The van der Waals surface area contributed by atoms with Gasteiger partial charge in [-0.2, -0.15) is 0 Å². The number of nitrogens with two attached hydrogens (primary N) is 1. The van der Waals surface area contributed by atoms with Crippen LogP contribution in [0.3, 0.4) is 0 Å². The molecule has 3 heteroatoms. The molecule has 1 aromatic carbocycles. The van der Waals surface area contributed by atoms with Gasteiger partial charge < -0.3 is 15.8 Å². The fraction of sp³-hybridized carbons (Fsp3) is 0.625. The van der Waals surface area contributed by atoms with Crippen molar-refractivity contribution in [2.24, 2.45) is 5.73 Å². The summed E-state index contributed by atoms with van der Waals surface area (Å²) in [6.45, 7) is 12.2. The van der Waals surface area contributed by atoms with Gasteiger partial charge in [0.1, 0.15) is 5.75 Å². The molecule has 0 aromatic heterocycles. The van der Waals surface area contributed by atoms with Crippen LogP contribution < -0.4 is 15.8 Å². The minimum atomic E-state index is 0.00443. The summed E-state index contributed by atoms with van der Waals surface area (Å²) >= 11 is 0. The van der Waals surface area contributed by atoms with Crippen LogP contribution in [0.2, 0.25) is 0 Å². The third kappa shape index (κ3) is 3.95. The summed E-state index contributed by atoms with van der Waals surface area (Å²) < 4.78 is 5.46. The normalized spacial score (nSPS) is 11.7. The maximum absolute atomic E-state index is 5.72. The zero-order valence-corrected chi connectivity index (χ0v) is 13.2. The van der Waals surface area contributed by atoms with Crippen molar-refractivity contribution in [1.29, 1.82) is 0 Å². The zero-order valence-electron chi connectivity index (χ0n) is 13.2. The van der Waals surface area contributed by atoms with Crippen LogP contribution in [0.4, 0.5) is 0 Å². The number of nitrogens with one attached hydrogen (secondary N) is 1. The monoisotopic (exact) mass is 264 g/mol. The Labute approximate surface area is 117 Å². The van der Waals surface area contributed by atoms with Gasteiger partial charge in [0, 0.05) is 12.1 Å². The highest BCUT2D eigenvalue weighted by molar-refractivity contribution is 5.49. The standard InChI is InChI=1S/C16H28N2O/c1-11-9-14(7-8-18-16(4,5)10-17)12(2)13(3)15(11)19-6/h9,18H,7-8,10,17H2,1-6H3. The lowest BCUT2D eigenvalue weighted by molar-refractivity contribution is 0.400. The summed E-state index contributed by atoms with van der Waals surface area (Å²) in [4.78, 5) is 0. The number of hydrogen-bond acceptors (Lipinski definition) is 3. The van der Waals surface area contributed by atoms with Crippen LogP contribution in [-0.4, -0.2) is 25.7 Å². The molecule has 108 valence electrons. The van der Waals surface area contributed by atoms with Gasteiger partial charge in [0.05, 0.1) is 7.11 Å². The smallest absolute Gasteiger partial charge is 0.124 e. The second kappa shape index (κ2) is 6.40. The van der Waals surface area contributed by atoms with E-state index in [0.29, 0.717) is 6.54 Å². The second-order valence-corrected chi connectivity index (χ2v) is 5.90. The molecule has 0 aliphatic carbocycles. The van der Waals surface area contributed by atoms with E-state index < -0.39 is 0 Å². The minimum absolute atomic E-state index is 0.00443. The predicted molar refractivity (Wildman–Crippen MR) is 82.0 cm³/mol. The number of benzene rings is 1. The molecule has 3 nitrogen and oxygen atoms in total. The molecule has 0 saturated carbocycles. The first kappa shape index (κ1) is 16.0. The van der Waals surface area contributed by atoms with Crippen molar-refractivity contribution in [2.45, 2.75) is 46.6 Å². The van der Waals surface area contributed by atoms with Gasteiger partial charge in [-0.3, -0.25) is 0 Å². The van der Waals surface area contributed by atoms with Crippen LogP contribution in [0, 0.1) is 20.8 Å². The number of aryl methyl sites for hydroxylation is 1. The summed E-state index contributed by atoms with van der Waals surface area (Å²) in [7, 11) is 1.74. The van der Waals surface area contributed by atoms with Crippen LogP contribution in [0.15, 0.2) is 6.07 Å². The molecule has 19 heavy (non-hydrogen) atoms. The first-order valence-corrected chi connectivity index (χ1v) is 6.91. The largest absolute Gasteiger partial charge is 0.496 e. The molecule has 0 amide bonds. The maximum atomic E-state index is 5.72. The molecule has 0 unspecified atom stereocenters. The average Bonchev–Trinajstić information content (AvgIpc) is 2.36. The predicted octanol–water partition coefficient (Wildman–Crippen LogP) is 2.49. The summed E-state index contributed by atoms with van der Waals surface area (Å²) in [5.74, 6) is 1.01. The van der Waals surface area contributed by atoms with E-state index in [4.69, 9.17) is 10.5 Å². The number of methoxy groups -OCH3 is 1. The van der Waals surface area contributed by atoms with Gasteiger partial charge in [-0.1, -0.05) is 6.07 Å². The molecule has 0 aliphatic heterocycles. The van der Waals surface area contributed by atoms with Crippen molar-refractivity contribution in [2.75, 3.05) is 20.2 Å². The van der Waals surface area contributed by atoms with Crippen LogP contribution in [-0.2, 0) is 6.42 Å². The molecule has 0 radical (unpaired) electrons. The van der Waals surface area contributed by atoms with Crippen LogP contribution >= 0.6 is 0 Å². The third-order valence-corrected chi connectivity index (χ3v) is 3.85. The SMILES string of the molecule is COc1c(C)cc(CCNC(C)(C)CN)c(C)c1C. The lowest BCUT2D eigenvalue weighted by Gasteiger charge is -2.25. The van der Waals surface area contributed by atoms with Crippen LogP contribution in [0.5, 0.6) is 5.75 Å². The Morgan fingerprint density at radius 1 is 1.21 bits per heavy atom. The van der Waals surface area contributed by atoms with Crippen molar-refractivity contribution in [3.8, 4) is 5.75 Å². The molecular formula is C16H28N2O. The average molecular weight is 264 g/mol. The van der Waals surface area contributed by atoms with Crippen molar-refractivity contribution in [3.63, 3.8) is 0 Å². The van der Waals surface area contributed by atoms with Crippen LogP contribution in [0.25, 0.3) is 0 Å². The van der Waals surface area contributed by atoms with Gasteiger partial charge >= 0.3 is 0 Å². The Balaban J connectivity index is 2.80. The quantitative estimate of drug-likeness (QED) is 0.830. The molecule has 0 bridgehead atoms. The molecular weight excluding hydrogens is 236 g/mol. The number of hydrogen-bond donors (Lipinski definition) is 2. The summed E-state index contributed by atoms with van der Waals surface area (Å²) in [6.07, 6.45) is 1.01. The van der Waals surface area contributed by atoms with E-state index in [1.807, 2.05) is 0 Å². The molecule has 0 spiro atoms. The highest BCUT2D eigenvalue weighted by atomic mass is 16.5. The van der Waals surface area contributed by atoms with Gasteiger partial charge in [-0.25, -0.2) is 0 Å². The van der Waals surface area contributed by atoms with E-state index in [2.05, 4.69) is 46.0 Å². The first-order valence-electron chi connectivity index (χ1n) is 6.91. The highest BCUT2D eigenvalue weighted by Crippen LogP contribution is 2.28. The molecule has 0 fully saturated rings. The maximum Gasteiger partial charge on any atom is 0.124 e. The van der Waals surface area contributed by atoms with Gasteiger partial charge in [0.25, 0.3) is 0 Å². The molecule has 0 saturated heterocycles. The Morgan fingerprint density at radius 2 is 1.84 bits per heavy atom. The van der Waals surface area contributed by atoms with E-state index >= 15 is 0 Å². The van der Waals surface area contributed by atoms with Gasteiger partial charge in [-0.05, 0) is 69.8 Å². The lowest BCUT2D eigenvalue weighted by atomic mass is 9.96. The second-order valence-electron chi connectivity index (χ2n) is 5.90. The lowest BCUT2D eigenvalue weighted by Crippen LogP contribution is -2.46. The van der Waals surface area contributed by atoms with Crippen molar-refractivity contribution >= 4 is 0 Å². The van der Waals surface area contributed by atoms with Gasteiger partial charge in [0.2, 0.25) is 0 Å². The number of rotatable bonds is 6. The Morgan fingerprint density at radius 3 is 2.37 bits per heavy atom. The van der Waals surface area contributed by atoms with Gasteiger partial charge in [-0.15, -0.1) is 0 Å². The van der Waals surface area contributed by atoms with E-state index in [1.165, 1.54) is 22.3 Å². The summed E-state index contributed by atoms with van der Waals surface area (Å²) in [5, 5.41) is 3.50. The molecule has 1 aromatic rings. The fourth-order valence-electron chi connectivity index (χ4n) is 2.32. The first-order chi connectivity index (χ1) is 8.82. The van der Waals surface area contributed by atoms with E-state index in [0.717, 1.165) is 18.7 Å². The van der Waals surface area contributed by atoms with Gasteiger partial charge in [0.15, 0.2) is 0 Å². The Hall–Kier alpha value is -1.06. The summed E-state index contributed by atoms with van der Waals surface area (Å²) in [6, 6.07) is 2.23. The highest BCUT2D eigenvalue weighted by Gasteiger charge is 2.15. The van der Waals surface area contributed by atoms with E-state index in [9.17, 15) is 0 Å². The van der Waals surface area contributed by atoms with E-state index in [1.54, 1.807) is 7.11 Å². The van der Waals surface area contributed by atoms with Crippen molar-refractivity contribution < 1.29 is 4.74 Å².